The molecule has 1 aliphatic heterocycles. The van der Waals surface area contributed by atoms with Gasteiger partial charge >= 0.3 is 0 Å². The van der Waals surface area contributed by atoms with Crippen LogP contribution in [-0.4, -0.2) is 51.0 Å². The van der Waals surface area contributed by atoms with Crippen LogP contribution in [0, 0.1) is 0 Å². The highest BCUT2D eigenvalue weighted by molar-refractivity contribution is 7.89. The molecule has 9 nitrogen and oxygen atoms in total. The Bertz CT molecular complexity index is 1350. The fraction of sp³-hybridized carbons (Fsp3) is 0.320. The molecule has 3 aromatic rings. The van der Waals surface area contributed by atoms with Gasteiger partial charge in [-0.3, -0.25) is 4.79 Å². The summed E-state index contributed by atoms with van der Waals surface area (Å²) >= 11 is 0. The molecule has 1 N–H and O–H groups in total. The van der Waals surface area contributed by atoms with Crippen molar-refractivity contribution in [3.05, 3.63) is 78.8 Å². The lowest BCUT2D eigenvalue weighted by Gasteiger charge is -2.22. The first-order chi connectivity index (χ1) is 17.3. The first kappa shape index (κ1) is 26.1. The van der Waals surface area contributed by atoms with Crippen LogP contribution < -0.4 is 5.32 Å². The summed E-state index contributed by atoms with van der Waals surface area (Å²) in [7, 11) is -7.87. The van der Waals surface area contributed by atoms with Crippen molar-refractivity contribution in [1.82, 2.24) is 8.61 Å². The van der Waals surface area contributed by atoms with Crippen molar-refractivity contribution in [1.29, 1.82) is 0 Å². The number of hydrogen-bond acceptors (Lipinski definition) is 6. The number of sulfonamides is 2. The summed E-state index contributed by atoms with van der Waals surface area (Å²) in [5, 5.41) is 2.69. The molecule has 1 aliphatic rings. The van der Waals surface area contributed by atoms with Crippen LogP contribution in [0.1, 0.15) is 31.4 Å². The fourth-order valence-electron chi connectivity index (χ4n) is 4.05. The van der Waals surface area contributed by atoms with Gasteiger partial charge in [-0.05, 0) is 61.4 Å². The van der Waals surface area contributed by atoms with E-state index in [2.05, 4.69) is 5.32 Å². The van der Waals surface area contributed by atoms with Gasteiger partial charge < -0.3 is 9.73 Å². The van der Waals surface area contributed by atoms with Crippen molar-refractivity contribution in [2.45, 2.75) is 42.0 Å². The van der Waals surface area contributed by atoms with Crippen LogP contribution in [0.25, 0.3) is 0 Å². The number of carbonyl (C=O) groups excluding carboxylic acids is 1. The van der Waals surface area contributed by atoms with E-state index >= 15 is 0 Å². The lowest BCUT2D eigenvalue weighted by Crippen LogP contribution is -2.37. The number of rotatable bonds is 9. The monoisotopic (exact) mass is 531 g/mol. The van der Waals surface area contributed by atoms with Gasteiger partial charge in [-0.15, -0.1) is 0 Å². The minimum absolute atomic E-state index is 0.0442. The van der Waals surface area contributed by atoms with E-state index in [0.717, 1.165) is 30.0 Å². The first-order valence-corrected chi connectivity index (χ1v) is 14.6. The molecule has 4 rings (SSSR count). The maximum atomic E-state index is 13.5. The normalized spacial score (nSPS) is 15.5. The SMILES string of the molecule is O=C(CN(Cc1ccco1)S(=O)(=O)c1ccc(S(=O)(=O)N2CCCCCC2)cc1)Nc1ccccc1. The zero-order chi connectivity index (χ0) is 25.6. The van der Waals surface area contributed by atoms with Gasteiger partial charge in [0.25, 0.3) is 0 Å². The Hall–Kier alpha value is -2.99. The van der Waals surface area contributed by atoms with E-state index in [-0.39, 0.29) is 16.3 Å². The zero-order valence-electron chi connectivity index (χ0n) is 19.7. The van der Waals surface area contributed by atoms with Crippen LogP contribution in [0.5, 0.6) is 0 Å². The van der Waals surface area contributed by atoms with E-state index in [1.807, 2.05) is 0 Å². The van der Waals surface area contributed by atoms with Crippen molar-refractivity contribution in [3.63, 3.8) is 0 Å². The van der Waals surface area contributed by atoms with Crippen LogP contribution in [0.2, 0.25) is 0 Å². The van der Waals surface area contributed by atoms with Crippen molar-refractivity contribution in [2.24, 2.45) is 0 Å². The molecule has 0 atom stereocenters. The number of benzene rings is 2. The van der Waals surface area contributed by atoms with E-state index in [9.17, 15) is 21.6 Å². The predicted octanol–water partition coefficient (Wildman–Crippen LogP) is 3.67. The van der Waals surface area contributed by atoms with Crippen LogP contribution in [-0.2, 0) is 31.4 Å². The topological polar surface area (TPSA) is 117 Å². The van der Waals surface area contributed by atoms with Crippen molar-refractivity contribution in [2.75, 3.05) is 25.0 Å². The molecule has 2 heterocycles. The van der Waals surface area contributed by atoms with Gasteiger partial charge in [0, 0.05) is 18.8 Å². The molecular formula is C25H29N3O6S2. The summed E-state index contributed by atoms with van der Waals surface area (Å²) in [5.41, 5.74) is 0.543. The smallest absolute Gasteiger partial charge is 0.243 e. The molecule has 0 unspecified atom stereocenters. The van der Waals surface area contributed by atoms with Gasteiger partial charge in [-0.25, -0.2) is 16.8 Å². The maximum Gasteiger partial charge on any atom is 0.243 e. The molecule has 1 amide bonds. The fourth-order valence-corrected chi connectivity index (χ4v) is 6.93. The molecule has 2 aromatic carbocycles. The number of hydrogen-bond donors (Lipinski definition) is 1. The Morgan fingerprint density at radius 2 is 1.47 bits per heavy atom. The number of nitrogens with zero attached hydrogens (tertiary/aromatic N) is 2. The number of anilines is 1. The maximum absolute atomic E-state index is 13.5. The number of furan rings is 1. The van der Waals surface area contributed by atoms with Gasteiger partial charge in [0.2, 0.25) is 26.0 Å². The Kier molecular flexibility index (Phi) is 8.24. The molecule has 1 saturated heterocycles. The largest absolute Gasteiger partial charge is 0.468 e. The third kappa shape index (κ3) is 6.22. The highest BCUT2D eigenvalue weighted by atomic mass is 32.2. The summed E-state index contributed by atoms with van der Waals surface area (Å²) < 4.78 is 60.9. The average Bonchev–Trinajstić information content (AvgIpc) is 3.22. The lowest BCUT2D eigenvalue weighted by molar-refractivity contribution is -0.116. The van der Waals surface area contributed by atoms with Crippen molar-refractivity contribution in [3.8, 4) is 0 Å². The summed E-state index contributed by atoms with van der Waals surface area (Å²) in [6, 6.07) is 17.1. The molecule has 192 valence electrons. The highest BCUT2D eigenvalue weighted by Gasteiger charge is 2.30. The van der Waals surface area contributed by atoms with Gasteiger partial charge in [0.1, 0.15) is 5.76 Å². The summed E-state index contributed by atoms with van der Waals surface area (Å²) in [4.78, 5) is 12.6. The third-order valence-electron chi connectivity index (χ3n) is 5.95. The van der Waals surface area contributed by atoms with Gasteiger partial charge in [0.05, 0.1) is 29.1 Å². The molecule has 36 heavy (non-hydrogen) atoms. The van der Waals surface area contributed by atoms with Crippen LogP contribution in [0.3, 0.4) is 0 Å². The van der Waals surface area contributed by atoms with E-state index < -0.39 is 32.5 Å². The minimum atomic E-state index is -4.15. The van der Waals surface area contributed by atoms with Crippen LogP contribution in [0.4, 0.5) is 5.69 Å². The Morgan fingerprint density at radius 1 is 0.833 bits per heavy atom. The second-order valence-corrected chi connectivity index (χ2v) is 12.4. The number of nitrogens with one attached hydrogen (secondary N) is 1. The summed E-state index contributed by atoms with van der Waals surface area (Å²) in [5.74, 6) is -0.150. The number of carbonyl (C=O) groups is 1. The van der Waals surface area contributed by atoms with Crippen LogP contribution in [0.15, 0.2) is 87.2 Å². The molecule has 0 spiro atoms. The predicted molar refractivity (Wildman–Crippen MR) is 135 cm³/mol. The second kappa shape index (κ2) is 11.4. The standard InChI is InChI=1S/C25H29N3O6S2/c29-25(26-21-9-4-3-5-10-21)20-28(19-22-11-8-18-34-22)36(32,33)24-14-12-23(13-15-24)35(30,31)27-16-6-1-2-7-17-27/h3-5,8-15,18H,1-2,6-7,16-17,19-20H2,(H,26,29). The van der Waals surface area contributed by atoms with E-state index in [1.165, 1.54) is 34.8 Å². The van der Waals surface area contributed by atoms with Gasteiger partial charge in [0.15, 0.2) is 0 Å². The lowest BCUT2D eigenvalue weighted by atomic mass is 10.2. The molecule has 0 radical (unpaired) electrons. The molecule has 0 bridgehead atoms. The summed E-state index contributed by atoms with van der Waals surface area (Å²) in [6.07, 6.45) is 5.02. The molecular weight excluding hydrogens is 502 g/mol. The van der Waals surface area contributed by atoms with E-state index in [1.54, 1.807) is 42.5 Å². The molecule has 0 aliphatic carbocycles. The molecule has 0 saturated carbocycles. The van der Waals surface area contributed by atoms with Crippen molar-refractivity contribution >= 4 is 31.6 Å². The number of amides is 1. The quantitative estimate of drug-likeness (QED) is 0.450. The van der Waals surface area contributed by atoms with Gasteiger partial charge in [-0.2, -0.15) is 8.61 Å². The van der Waals surface area contributed by atoms with Crippen molar-refractivity contribution < 1.29 is 26.0 Å². The minimum Gasteiger partial charge on any atom is -0.468 e. The Balaban J connectivity index is 1.56. The first-order valence-electron chi connectivity index (χ1n) is 11.7. The molecule has 11 heteroatoms. The zero-order valence-corrected chi connectivity index (χ0v) is 21.4. The molecule has 1 fully saturated rings. The second-order valence-electron chi connectivity index (χ2n) is 8.56. The molecule has 1 aromatic heterocycles. The number of para-hydroxylation sites is 1. The third-order valence-corrected chi connectivity index (χ3v) is 9.67. The van der Waals surface area contributed by atoms with E-state index in [0.29, 0.717) is 24.5 Å². The Labute approximate surface area is 211 Å². The average molecular weight is 532 g/mol. The van der Waals surface area contributed by atoms with Gasteiger partial charge in [-0.1, -0.05) is 31.0 Å². The van der Waals surface area contributed by atoms with E-state index in [4.69, 9.17) is 4.42 Å². The summed E-state index contributed by atoms with van der Waals surface area (Å²) in [6.45, 7) is 0.294. The Morgan fingerprint density at radius 3 is 2.08 bits per heavy atom. The van der Waals surface area contributed by atoms with Crippen LogP contribution >= 0.6 is 0 Å². The highest BCUT2D eigenvalue weighted by Crippen LogP contribution is 2.24.